The molecule has 0 aromatic heterocycles. The van der Waals surface area contributed by atoms with E-state index in [2.05, 4.69) is 29.6 Å². The van der Waals surface area contributed by atoms with Gasteiger partial charge in [0.25, 0.3) is 0 Å². The Balaban J connectivity index is 2.08. The van der Waals surface area contributed by atoms with Gasteiger partial charge in [0.1, 0.15) is 5.75 Å². The molecule has 1 N–H and O–H groups in total. The average Bonchev–Trinajstić information content (AvgIpc) is 2.33. The van der Waals surface area contributed by atoms with Crippen molar-refractivity contribution >= 4 is 10.8 Å². The quantitative estimate of drug-likeness (QED) is 0.870. The predicted octanol–water partition coefficient (Wildman–Crippen LogP) is 2.75. The van der Waals surface area contributed by atoms with Gasteiger partial charge in [-0.15, -0.1) is 0 Å². The summed E-state index contributed by atoms with van der Waals surface area (Å²) in [5.74, 6) is 0.984. The van der Waals surface area contributed by atoms with Gasteiger partial charge in [0.15, 0.2) is 0 Å². The van der Waals surface area contributed by atoms with Gasteiger partial charge in [0.2, 0.25) is 0 Å². The van der Waals surface area contributed by atoms with Crippen molar-refractivity contribution in [3.8, 4) is 5.75 Å². The van der Waals surface area contributed by atoms with Crippen LogP contribution in [0.5, 0.6) is 5.75 Å². The largest absolute Gasteiger partial charge is 0.496 e. The molecule has 1 aliphatic rings. The summed E-state index contributed by atoms with van der Waals surface area (Å²) in [5.41, 5.74) is 1.39. The molecule has 0 amide bonds. The normalized spacial score (nSPS) is 19.0. The molecule has 3 rings (SSSR count). The van der Waals surface area contributed by atoms with Gasteiger partial charge in [-0.3, -0.25) is 0 Å². The highest BCUT2D eigenvalue weighted by atomic mass is 16.5. The lowest BCUT2D eigenvalue weighted by atomic mass is 9.94. The number of rotatable bonds is 3. The van der Waals surface area contributed by atoms with Crippen LogP contribution in [-0.4, -0.2) is 19.7 Å². The topological polar surface area (TPSA) is 21.3 Å². The monoisotopic (exact) mass is 227 g/mol. The van der Waals surface area contributed by atoms with Crippen molar-refractivity contribution in [1.29, 1.82) is 0 Å². The molecule has 2 heteroatoms. The van der Waals surface area contributed by atoms with Crippen LogP contribution in [-0.2, 0) is 6.42 Å². The van der Waals surface area contributed by atoms with Crippen molar-refractivity contribution in [2.45, 2.75) is 18.9 Å². The molecular formula is C15H17NO. The van der Waals surface area contributed by atoms with Crippen LogP contribution in [0.25, 0.3) is 10.8 Å². The first-order valence-corrected chi connectivity index (χ1v) is 6.16. The van der Waals surface area contributed by atoms with Crippen molar-refractivity contribution in [2.75, 3.05) is 13.7 Å². The van der Waals surface area contributed by atoms with E-state index in [4.69, 9.17) is 4.74 Å². The van der Waals surface area contributed by atoms with E-state index in [1.54, 1.807) is 7.11 Å². The molecule has 0 bridgehead atoms. The number of hydrogen-bond donors (Lipinski definition) is 1. The number of fused-ring (bicyclic) bond motifs is 1. The highest BCUT2D eigenvalue weighted by Gasteiger charge is 2.18. The first kappa shape index (κ1) is 10.6. The maximum Gasteiger partial charge on any atom is 0.126 e. The minimum absolute atomic E-state index is 0.644. The number of nitrogens with one attached hydrogen (secondary N) is 1. The molecule has 1 atom stereocenters. The van der Waals surface area contributed by atoms with E-state index >= 15 is 0 Å². The summed E-state index contributed by atoms with van der Waals surface area (Å²) in [5, 5.41) is 5.99. The standard InChI is InChI=1S/C15H17NO/c1-17-14-7-3-5-11-4-2-6-12(15(11)14)10-13-8-9-16-13/h2-7,13,16H,8-10H2,1H3/t13-/m1/s1. The van der Waals surface area contributed by atoms with E-state index < -0.39 is 0 Å². The maximum atomic E-state index is 5.48. The first-order chi connectivity index (χ1) is 8.38. The zero-order valence-corrected chi connectivity index (χ0v) is 10.1. The summed E-state index contributed by atoms with van der Waals surface area (Å²) in [4.78, 5) is 0. The van der Waals surface area contributed by atoms with Crippen molar-refractivity contribution < 1.29 is 4.74 Å². The van der Waals surface area contributed by atoms with Crippen molar-refractivity contribution in [3.05, 3.63) is 42.0 Å². The minimum Gasteiger partial charge on any atom is -0.496 e. The fraction of sp³-hybridized carbons (Fsp3) is 0.333. The van der Waals surface area contributed by atoms with Gasteiger partial charge in [-0.2, -0.15) is 0 Å². The van der Waals surface area contributed by atoms with Gasteiger partial charge < -0.3 is 10.1 Å². The van der Waals surface area contributed by atoms with Crippen LogP contribution in [0.4, 0.5) is 0 Å². The van der Waals surface area contributed by atoms with Gasteiger partial charge in [-0.05, 0) is 36.4 Å². The summed E-state index contributed by atoms with van der Waals surface area (Å²) in [7, 11) is 1.74. The minimum atomic E-state index is 0.644. The highest BCUT2D eigenvalue weighted by molar-refractivity contribution is 5.91. The molecule has 0 spiro atoms. The van der Waals surface area contributed by atoms with Crippen molar-refractivity contribution in [1.82, 2.24) is 5.32 Å². The van der Waals surface area contributed by atoms with Gasteiger partial charge in [0.05, 0.1) is 7.11 Å². The number of methoxy groups -OCH3 is 1. The molecule has 2 aromatic carbocycles. The Morgan fingerprint density at radius 3 is 2.65 bits per heavy atom. The molecule has 1 heterocycles. The molecule has 0 unspecified atom stereocenters. The molecule has 0 radical (unpaired) electrons. The van der Waals surface area contributed by atoms with Gasteiger partial charge in [0, 0.05) is 11.4 Å². The van der Waals surface area contributed by atoms with E-state index in [1.807, 2.05) is 12.1 Å². The predicted molar refractivity (Wildman–Crippen MR) is 70.6 cm³/mol. The molecule has 2 nitrogen and oxygen atoms in total. The van der Waals surface area contributed by atoms with Crippen molar-refractivity contribution in [2.24, 2.45) is 0 Å². The molecule has 1 aliphatic heterocycles. The lowest BCUT2D eigenvalue weighted by Gasteiger charge is -2.28. The molecule has 1 saturated heterocycles. The number of hydrogen-bond acceptors (Lipinski definition) is 2. The Kier molecular flexibility index (Phi) is 2.73. The zero-order chi connectivity index (χ0) is 11.7. The Hall–Kier alpha value is -1.54. The van der Waals surface area contributed by atoms with E-state index in [0.29, 0.717) is 6.04 Å². The fourth-order valence-corrected chi connectivity index (χ4v) is 2.51. The van der Waals surface area contributed by atoms with Crippen LogP contribution < -0.4 is 10.1 Å². The summed E-state index contributed by atoms with van der Waals surface area (Å²) < 4.78 is 5.48. The summed E-state index contributed by atoms with van der Waals surface area (Å²) >= 11 is 0. The van der Waals surface area contributed by atoms with Crippen LogP contribution in [0, 0.1) is 0 Å². The second-order valence-electron chi connectivity index (χ2n) is 4.62. The molecular weight excluding hydrogens is 210 g/mol. The van der Waals surface area contributed by atoms with Gasteiger partial charge in [-0.1, -0.05) is 30.3 Å². The lowest BCUT2D eigenvalue weighted by Crippen LogP contribution is -2.44. The molecule has 1 fully saturated rings. The van der Waals surface area contributed by atoms with Crippen LogP contribution in [0.15, 0.2) is 36.4 Å². The van der Waals surface area contributed by atoms with Crippen LogP contribution in [0.2, 0.25) is 0 Å². The average molecular weight is 227 g/mol. The SMILES string of the molecule is COc1cccc2cccc(C[C@H]3CCN3)c12. The Morgan fingerprint density at radius 1 is 1.24 bits per heavy atom. The first-order valence-electron chi connectivity index (χ1n) is 6.16. The Bertz CT molecular complexity index is 526. The summed E-state index contributed by atoms with van der Waals surface area (Å²) in [6, 6.07) is 13.4. The van der Waals surface area contributed by atoms with Gasteiger partial charge in [-0.25, -0.2) is 0 Å². The molecule has 0 aliphatic carbocycles. The van der Waals surface area contributed by atoms with Crippen LogP contribution in [0.3, 0.4) is 0 Å². The second kappa shape index (κ2) is 4.38. The lowest BCUT2D eigenvalue weighted by molar-refractivity contribution is 0.369. The van der Waals surface area contributed by atoms with E-state index in [-0.39, 0.29) is 0 Å². The van der Waals surface area contributed by atoms with Crippen LogP contribution in [0.1, 0.15) is 12.0 Å². The molecule has 2 aromatic rings. The third-order valence-corrected chi connectivity index (χ3v) is 3.56. The van der Waals surface area contributed by atoms with E-state index in [9.17, 15) is 0 Å². The smallest absolute Gasteiger partial charge is 0.126 e. The van der Waals surface area contributed by atoms with Crippen LogP contribution >= 0.6 is 0 Å². The van der Waals surface area contributed by atoms with Crippen molar-refractivity contribution in [3.63, 3.8) is 0 Å². The maximum absolute atomic E-state index is 5.48. The van der Waals surface area contributed by atoms with Gasteiger partial charge >= 0.3 is 0 Å². The third-order valence-electron chi connectivity index (χ3n) is 3.56. The number of benzene rings is 2. The fourth-order valence-electron chi connectivity index (χ4n) is 2.51. The molecule has 0 saturated carbocycles. The second-order valence-corrected chi connectivity index (χ2v) is 4.62. The summed E-state index contributed by atoms with van der Waals surface area (Å²) in [6.07, 6.45) is 2.38. The van der Waals surface area contributed by atoms with E-state index in [0.717, 1.165) is 18.7 Å². The Morgan fingerprint density at radius 2 is 2.00 bits per heavy atom. The third kappa shape index (κ3) is 1.89. The Labute approximate surface area is 102 Å². The number of ether oxygens (including phenoxy) is 1. The molecule has 88 valence electrons. The van der Waals surface area contributed by atoms with E-state index in [1.165, 1.54) is 22.8 Å². The summed E-state index contributed by atoms with van der Waals surface area (Å²) in [6.45, 7) is 1.16. The highest BCUT2D eigenvalue weighted by Crippen LogP contribution is 2.30. The zero-order valence-electron chi connectivity index (χ0n) is 10.1. The molecule has 17 heavy (non-hydrogen) atoms.